The van der Waals surface area contributed by atoms with Crippen LogP contribution < -0.4 is 0 Å². The molecular weight excluding hydrogens is 224 g/mol. The summed E-state index contributed by atoms with van der Waals surface area (Å²) in [5, 5.41) is 0. The van der Waals surface area contributed by atoms with E-state index in [-0.39, 0.29) is 0 Å². The topological polar surface area (TPSA) is 34.1 Å². The molecule has 0 saturated heterocycles. The van der Waals surface area contributed by atoms with Gasteiger partial charge in [0.1, 0.15) is 10.7 Å². The van der Waals surface area contributed by atoms with Crippen LogP contribution in [0, 0.1) is 5.82 Å². The first-order chi connectivity index (χ1) is 6.34. The zero-order chi connectivity index (χ0) is 10.9. The van der Waals surface area contributed by atoms with Gasteiger partial charge in [-0.15, -0.1) is 0 Å². The van der Waals surface area contributed by atoms with Crippen LogP contribution in [0.5, 0.6) is 0 Å². The van der Waals surface area contributed by atoms with E-state index < -0.39 is 33.2 Å². The zero-order valence-corrected chi connectivity index (χ0v) is 7.40. The molecule has 0 aliphatic rings. The molecule has 0 fully saturated rings. The third-order valence-corrected chi connectivity index (χ3v) is 2.29. The Labute approximate surface area is 78.1 Å². The summed E-state index contributed by atoms with van der Waals surface area (Å²) in [5.41, 5.74) is -1.48. The predicted octanol–water partition coefficient (Wildman–Crippen LogP) is 1.81. The van der Waals surface area contributed by atoms with Crippen molar-refractivity contribution in [1.29, 1.82) is 0 Å². The van der Waals surface area contributed by atoms with Gasteiger partial charge in [0.05, 0.1) is 5.56 Å². The second kappa shape index (κ2) is 3.56. The highest BCUT2D eigenvalue weighted by molar-refractivity contribution is 7.72. The van der Waals surface area contributed by atoms with Gasteiger partial charge in [-0.05, 0) is 12.1 Å². The second-order valence-electron chi connectivity index (χ2n) is 2.39. The van der Waals surface area contributed by atoms with Crippen LogP contribution in [0.2, 0.25) is 0 Å². The monoisotopic (exact) mass is 228 g/mol. The summed E-state index contributed by atoms with van der Waals surface area (Å²) in [6, 6.07) is 1.99. The Morgan fingerprint density at radius 2 is 1.71 bits per heavy atom. The van der Waals surface area contributed by atoms with Crippen LogP contribution in [0.1, 0.15) is 5.56 Å². The lowest BCUT2D eigenvalue weighted by atomic mass is 10.2. The van der Waals surface area contributed by atoms with E-state index in [0.29, 0.717) is 12.1 Å². The highest BCUT2D eigenvalue weighted by atomic mass is 32.2. The molecule has 14 heavy (non-hydrogen) atoms. The van der Waals surface area contributed by atoms with E-state index in [0.717, 1.165) is 6.07 Å². The molecule has 0 amide bonds. The maximum Gasteiger partial charge on any atom is 0.417 e. The molecule has 1 rings (SSSR count). The third-order valence-electron chi connectivity index (χ3n) is 1.47. The van der Waals surface area contributed by atoms with Gasteiger partial charge in [0.2, 0.25) is 0 Å². The molecule has 1 aromatic carbocycles. The van der Waals surface area contributed by atoms with Crippen LogP contribution in [0.25, 0.3) is 0 Å². The molecule has 7 heteroatoms. The maximum atomic E-state index is 12.7. The van der Waals surface area contributed by atoms with Crippen LogP contribution in [-0.4, -0.2) is 8.42 Å². The molecule has 0 aromatic heterocycles. The Balaban J connectivity index is 3.52. The Morgan fingerprint density at radius 1 is 1.14 bits per heavy atom. The van der Waals surface area contributed by atoms with Crippen molar-refractivity contribution in [2.75, 3.05) is 0 Å². The first-order valence-electron chi connectivity index (χ1n) is 3.34. The lowest BCUT2D eigenvalue weighted by Crippen LogP contribution is -2.09. The first kappa shape index (κ1) is 11.0. The average molecular weight is 228 g/mol. The van der Waals surface area contributed by atoms with Crippen LogP contribution >= 0.6 is 0 Å². The Morgan fingerprint density at radius 3 is 2.07 bits per heavy atom. The molecule has 0 atom stereocenters. The molecule has 0 aliphatic carbocycles. The molecule has 0 spiro atoms. The molecule has 0 aliphatic heterocycles. The summed E-state index contributed by atoms with van der Waals surface area (Å²) in [4.78, 5) is -1.31. The number of hydrogen-bond donors (Lipinski definition) is 1. The summed E-state index contributed by atoms with van der Waals surface area (Å²) in [7, 11) is -3.60. The molecule has 2 nitrogen and oxygen atoms in total. The fraction of sp³-hybridized carbons (Fsp3) is 0.143. The van der Waals surface area contributed by atoms with Gasteiger partial charge in [-0.2, -0.15) is 13.2 Å². The molecule has 0 saturated carbocycles. The smallest absolute Gasteiger partial charge is 0.227 e. The maximum absolute atomic E-state index is 12.7. The summed E-state index contributed by atoms with van der Waals surface area (Å²) in [6.45, 7) is 0. The largest absolute Gasteiger partial charge is 0.417 e. The van der Waals surface area contributed by atoms with Crippen molar-refractivity contribution in [2.24, 2.45) is 0 Å². The number of rotatable bonds is 1. The molecule has 1 aromatic rings. The van der Waals surface area contributed by atoms with E-state index in [2.05, 4.69) is 0 Å². The molecule has 0 heterocycles. The van der Waals surface area contributed by atoms with Crippen molar-refractivity contribution in [3.8, 4) is 0 Å². The minimum atomic E-state index is -4.87. The quantitative estimate of drug-likeness (QED) is 0.587. The minimum Gasteiger partial charge on any atom is -0.227 e. The van der Waals surface area contributed by atoms with Crippen molar-refractivity contribution < 1.29 is 26.0 Å². The van der Waals surface area contributed by atoms with Gasteiger partial charge in [-0.25, -0.2) is 12.8 Å². The SMILES string of the molecule is O=[SH](=O)c1c(F)cccc1C(F)(F)F. The van der Waals surface area contributed by atoms with Crippen molar-refractivity contribution in [3.63, 3.8) is 0 Å². The summed E-state index contributed by atoms with van der Waals surface area (Å²) < 4.78 is 70.0. The van der Waals surface area contributed by atoms with E-state index >= 15 is 0 Å². The summed E-state index contributed by atoms with van der Waals surface area (Å²) in [6.07, 6.45) is -4.87. The van der Waals surface area contributed by atoms with Crippen LogP contribution in [0.15, 0.2) is 23.1 Å². The molecular formula is C7H4F4O2S. The fourth-order valence-electron chi connectivity index (χ4n) is 0.930. The lowest BCUT2D eigenvalue weighted by Gasteiger charge is -2.08. The van der Waals surface area contributed by atoms with Crippen molar-refractivity contribution in [1.82, 2.24) is 0 Å². The number of alkyl halides is 3. The fourth-order valence-corrected chi connectivity index (χ4v) is 1.58. The molecule has 78 valence electrons. The van der Waals surface area contributed by atoms with E-state index in [9.17, 15) is 26.0 Å². The Kier molecular flexibility index (Phi) is 2.79. The van der Waals surface area contributed by atoms with Gasteiger partial charge >= 0.3 is 6.18 Å². The highest BCUT2D eigenvalue weighted by Crippen LogP contribution is 2.33. The van der Waals surface area contributed by atoms with Crippen molar-refractivity contribution in [3.05, 3.63) is 29.6 Å². The standard InChI is InChI=1S/C7H4F4O2S/c8-5-3-1-2-4(7(9,10)11)6(5)14(12)13/h1-3,14H. The van der Waals surface area contributed by atoms with E-state index in [4.69, 9.17) is 0 Å². The van der Waals surface area contributed by atoms with Gasteiger partial charge in [0.25, 0.3) is 0 Å². The van der Waals surface area contributed by atoms with Crippen molar-refractivity contribution in [2.45, 2.75) is 11.1 Å². The lowest BCUT2D eigenvalue weighted by molar-refractivity contribution is -0.140. The first-order valence-corrected chi connectivity index (χ1v) is 4.52. The minimum absolute atomic E-state index is 0.517. The molecule has 0 bridgehead atoms. The Hall–Kier alpha value is -1.11. The van der Waals surface area contributed by atoms with E-state index in [1.807, 2.05) is 0 Å². The average Bonchev–Trinajstić information content (AvgIpc) is 2.01. The van der Waals surface area contributed by atoms with Crippen LogP contribution in [0.3, 0.4) is 0 Å². The van der Waals surface area contributed by atoms with Gasteiger partial charge in [0.15, 0.2) is 10.7 Å². The van der Waals surface area contributed by atoms with Gasteiger partial charge in [-0.3, -0.25) is 0 Å². The summed E-state index contributed by atoms with van der Waals surface area (Å²) >= 11 is 0. The summed E-state index contributed by atoms with van der Waals surface area (Å²) in [5.74, 6) is -1.39. The second-order valence-corrected chi connectivity index (χ2v) is 3.35. The van der Waals surface area contributed by atoms with Gasteiger partial charge < -0.3 is 0 Å². The predicted molar refractivity (Wildman–Crippen MR) is 40.0 cm³/mol. The van der Waals surface area contributed by atoms with E-state index in [1.54, 1.807) is 0 Å². The molecule has 0 N–H and O–H groups in total. The Bertz CT molecular complexity index is 414. The van der Waals surface area contributed by atoms with Crippen LogP contribution in [0.4, 0.5) is 17.6 Å². The van der Waals surface area contributed by atoms with Crippen LogP contribution in [-0.2, 0) is 16.9 Å². The molecule has 0 radical (unpaired) electrons. The van der Waals surface area contributed by atoms with Gasteiger partial charge in [-0.1, -0.05) is 6.07 Å². The van der Waals surface area contributed by atoms with Gasteiger partial charge in [0, 0.05) is 0 Å². The number of hydrogen-bond acceptors (Lipinski definition) is 2. The number of halogens is 4. The number of thiol groups is 1. The normalized spacial score (nSPS) is 12.1. The number of benzene rings is 1. The van der Waals surface area contributed by atoms with E-state index in [1.165, 1.54) is 0 Å². The highest BCUT2D eigenvalue weighted by Gasteiger charge is 2.35. The third kappa shape index (κ3) is 2.03. The van der Waals surface area contributed by atoms with Crippen molar-refractivity contribution >= 4 is 10.7 Å². The molecule has 0 unspecified atom stereocenters. The zero-order valence-electron chi connectivity index (χ0n) is 6.51.